The number of carbonyl (C=O) groups excluding carboxylic acids is 1. The van der Waals surface area contributed by atoms with Gasteiger partial charge in [0.2, 0.25) is 0 Å². The van der Waals surface area contributed by atoms with Crippen LogP contribution in [0.15, 0.2) is 41.7 Å². The van der Waals surface area contributed by atoms with Gasteiger partial charge in [0.05, 0.1) is 19.3 Å². The standard InChI is InChI=1S/C23H32N6O2/c1-24-23(29-11-12-31-21(17-29)20-15-26-27(2)16-20)25-14-18-7-6-8-19(13-18)22(30)28-9-4-3-5-10-28/h6-8,13,15-16,21H,3-5,9-12,14,17H2,1-2H3,(H,24,25). The van der Waals surface area contributed by atoms with Crippen LogP contribution in [-0.4, -0.2) is 71.3 Å². The molecule has 1 N–H and O–H groups in total. The van der Waals surface area contributed by atoms with Gasteiger partial charge in [0, 0.05) is 57.6 Å². The number of aliphatic imine (C=N–C) groups is 1. The Morgan fingerprint density at radius 2 is 2.06 bits per heavy atom. The summed E-state index contributed by atoms with van der Waals surface area (Å²) in [4.78, 5) is 21.5. The van der Waals surface area contributed by atoms with Crippen LogP contribution in [0.4, 0.5) is 0 Å². The van der Waals surface area contributed by atoms with E-state index in [0.29, 0.717) is 13.2 Å². The number of nitrogens with one attached hydrogen (secondary N) is 1. The van der Waals surface area contributed by atoms with Crippen LogP contribution in [0.5, 0.6) is 0 Å². The first-order valence-electron chi connectivity index (χ1n) is 11.1. The molecule has 3 heterocycles. The molecule has 0 spiro atoms. The number of aryl methyl sites for hydroxylation is 1. The van der Waals surface area contributed by atoms with E-state index in [2.05, 4.69) is 20.3 Å². The van der Waals surface area contributed by atoms with Crippen molar-refractivity contribution in [3.63, 3.8) is 0 Å². The van der Waals surface area contributed by atoms with Gasteiger partial charge in [-0.2, -0.15) is 5.10 Å². The molecule has 8 heteroatoms. The van der Waals surface area contributed by atoms with Crippen LogP contribution < -0.4 is 5.32 Å². The lowest BCUT2D eigenvalue weighted by Gasteiger charge is -2.34. The molecule has 2 aromatic rings. The number of nitrogens with zero attached hydrogens (tertiary/aromatic N) is 5. The molecule has 0 aliphatic carbocycles. The smallest absolute Gasteiger partial charge is 0.253 e. The molecule has 1 amide bonds. The highest BCUT2D eigenvalue weighted by Crippen LogP contribution is 2.21. The van der Waals surface area contributed by atoms with Crippen LogP contribution in [0, 0.1) is 0 Å². The minimum Gasteiger partial charge on any atom is -0.370 e. The second-order valence-electron chi connectivity index (χ2n) is 8.21. The Morgan fingerprint density at radius 3 is 2.81 bits per heavy atom. The van der Waals surface area contributed by atoms with Crippen molar-refractivity contribution in [1.29, 1.82) is 0 Å². The van der Waals surface area contributed by atoms with Gasteiger partial charge in [0.15, 0.2) is 5.96 Å². The van der Waals surface area contributed by atoms with Gasteiger partial charge in [-0.1, -0.05) is 12.1 Å². The fourth-order valence-electron chi connectivity index (χ4n) is 4.26. The summed E-state index contributed by atoms with van der Waals surface area (Å²) in [6.07, 6.45) is 7.25. The van der Waals surface area contributed by atoms with E-state index in [1.165, 1.54) is 6.42 Å². The molecule has 2 aliphatic rings. The highest BCUT2D eigenvalue weighted by Gasteiger charge is 2.25. The van der Waals surface area contributed by atoms with Crippen molar-refractivity contribution in [2.24, 2.45) is 12.0 Å². The number of likely N-dealkylation sites (tertiary alicyclic amines) is 1. The average molecular weight is 425 g/mol. The third kappa shape index (κ3) is 5.25. The van der Waals surface area contributed by atoms with Crippen molar-refractivity contribution in [1.82, 2.24) is 24.9 Å². The van der Waals surface area contributed by atoms with Crippen LogP contribution in [0.25, 0.3) is 0 Å². The van der Waals surface area contributed by atoms with E-state index in [-0.39, 0.29) is 12.0 Å². The second kappa shape index (κ2) is 9.96. The molecule has 2 fully saturated rings. The van der Waals surface area contributed by atoms with Crippen LogP contribution in [0.1, 0.15) is 46.9 Å². The summed E-state index contributed by atoms with van der Waals surface area (Å²) in [5, 5.41) is 7.71. The van der Waals surface area contributed by atoms with Gasteiger partial charge in [-0.05, 0) is 37.0 Å². The average Bonchev–Trinajstić information content (AvgIpc) is 3.26. The second-order valence-corrected chi connectivity index (χ2v) is 8.21. The number of hydrogen-bond acceptors (Lipinski definition) is 4. The molecule has 1 aromatic carbocycles. The Labute approximate surface area is 183 Å². The fourth-order valence-corrected chi connectivity index (χ4v) is 4.26. The summed E-state index contributed by atoms with van der Waals surface area (Å²) < 4.78 is 7.74. The minimum atomic E-state index is -0.0218. The zero-order chi connectivity index (χ0) is 21.6. The number of piperidine rings is 1. The first-order valence-corrected chi connectivity index (χ1v) is 11.1. The largest absolute Gasteiger partial charge is 0.370 e. The molecule has 0 radical (unpaired) electrons. The molecular weight excluding hydrogens is 392 g/mol. The van der Waals surface area contributed by atoms with E-state index in [4.69, 9.17) is 4.74 Å². The molecule has 2 aliphatic heterocycles. The number of rotatable bonds is 4. The number of carbonyl (C=O) groups is 1. The fraction of sp³-hybridized carbons (Fsp3) is 0.522. The van der Waals surface area contributed by atoms with Gasteiger partial charge in [-0.15, -0.1) is 0 Å². The molecule has 2 saturated heterocycles. The van der Waals surface area contributed by atoms with Gasteiger partial charge >= 0.3 is 0 Å². The van der Waals surface area contributed by atoms with Gasteiger partial charge in [-0.3, -0.25) is 14.5 Å². The van der Waals surface area contributed by atoms with Crippen LogP contribution in [0.3, 0.4) is 0 Å². The molecule has 1 unspecified atom stereocenters. The summed E-state index contributed by atoms with van der Waals surface area (Å²) >= 11 is 0. The van der Waals surface area contributed by atoms with Crippen molar-refractivity contribution in [2.45, 2.75) is 31.9 Å². The number of hydrogen-bond donors (Lipinski definition) is 1. The third-order valence-electron chi connectivity index (χ3n) is 5.94. The van der Waals surface area contributed by atoms with Gasteiger partial charge < -0.3 is 19.9 Å². The van der Waals surface area contributed by atoms with Crippen molar-refractivity contribution < 1.29 is 9.53 Å². The zero-order valence-electron chi connectivity index (χ0n) is 18.5. The third-order valence-corrected chi connectivity index (χ3v) is 5.94. The van der Waals surface area contributed by atoms with E-state index in [1.54, 1.807) is 11.7 Å². The van der Waals surface area contributed by atoms with Crippen LogP contribution >= 0.6 is 0 Å². The molecule has 0 bridgehead atoms. The maximum absolute atomic E-state index is 12.8. The molecule has 1 atom stereocenters. The zero-order valence-corrected chi connectivity index (χ0v) is 18.5. The lowest BCUT2D eigenvalue weighted by molar-refractivity contribution is -0.00805. The summed E-state index contributed by atoms with van der Waals surface area (Å²) in [5.41, 5.74) is 2.91. The number of amides is 1. The Hall–Kier alpha value is -2.87. The lowest BCUT2D eigenvalue weighted by atomic mass is 10.1. The molecule has 166 valence electrons. The summed E-state index contributed by atoms with van der Waals surface area (Å²) in [6, 6.07) is 7.92. The number of aromatic nitrogens is 2. The van der Waals surface area contributed by atoms with E-state index >= 15 is 0 Å². The SMILES string of the molecule is CN=C(NCc1cccc(C(=O)N2CCCCC2)c1)N1CCOC(c2cnn(C)c2)C1. The summed E-state index contributed by atoms with van der Waals surface area (Å²) in [6.45, 7) is 4.48. The quantitative estimate of drug-likeness (QED) is 0.602. The molecule has 4 rings (SSSR count). The van der Waals surface area contributed by atoms with Gasteiger partial charge in [0.1, 0.15) is 6.10 Å². The van der Waals surface area contributed by atoms with Gasteiger partial charge in [-0.25, -0.2) is 0 Å². The van der Waals surface area contributed by atoms with E-state index in [1.807, 2.05) is 48.6 Å². The monoisotopic (exact) mass is 424 g/mol. The molecule has 8 nitrogen and oxygen atoms in total. The van der Waals surface area contributed by atoms with Crippen LogP contribution in [0.2, 0.25) is 0 Å². The predicted molar refractivity (Wildman–Crippen MR) is 120 cm³/mol. The Balaban J connectivity index is 1.37. The van der Waals surface area contributed by atoms with Crippen molar-refractivity contribution in [2.75, 3.05) is 39.8 Å². The highest BCUT2D eigenvalue weighted by atomic mass is 16.5. The maximum Gasteiger partial charge on any atom is 0.253 e. The topological polar surface area (TPSA) is 75.0 Å². The summed E-state index contributed by atoms with van der Waals surface area (Å²) in [5.74, 6) is 0.975. The number of benzene rings is 1. The first-order chi connectivity index (χ1) is 15.1. The molecule has 1 aromatic heterocycles. The Morgan fingerprint density at radius 1 is 1.23 bits per heavy atom. The van der Waals surface area contributed by atoms with Crippen molar-refractivity contribution >= 4 is 11.9 Å². The normalized spacial score (nSPS) is 20.1. The molecule has 0 saturated carbocycles. The minimum absolute atomic E-state index is 0.0218. The highest BCUT2D eigenvalue weighted by molar-refractivity contribution is 5.94. The Kier molecular flexibility index (Phi) is 6.86. The number of morpholine rings is 1. The van der Waals surface area contributed by atoms with Crippen molar-refractivity contribution in [3.05, 3.63) is 53.3 Å². The first kappa shape index (κ1) is 21.4. The Bertz CT molecular complexity index is 918. The molecular formula is C23H32N6O2. The lowest BCUT2D eigenvalue weighted by Crippen LogP contribution is -2.47. The van der Waals surface area contributed by atoms with Crippen LogP contribution in [-0.2, 0) is 18.3 Å². The predicted octanol–water partition coefficient (Wildman–Crippen LogP) is 2.20. The maximum atomic E-state index is 12.8. The number of guanidine groups is 1. The van der Waals surface area contributed by atoms with Gasteiger partial charge in [0.25, 0.3) is 5.91 Å². The number of ether oxygens (including phenoxy) is 1. The summed E-state index contributed by atoms with van der Waals surface area (Å²) in [7, 11) is 3.71. The van der Waals surface area contributed by atoms with E-state index in [9.17, 15) is 4.79 Å². The molecule has 31 heavy (non-hydrogen) atoms. The van der Waals surface area contributed by atoms with Crippen molar-refractivity contribution in [3.8, 4) is 0 Å². The van der Waals surface area contributed by atoms with E-state index in [0.717, 1.165) is 61.7 Å². The van der Waals surface area contributed by atoms with E-state index < -0.39 is 0 Å².